The predicted molar refractivity (Wildman–Crippen MR) is 236 cm³/mol. The Morgan fingerprint density at radius 1 is 0.298 bits per heavy atom. The molecule has 9 aromatic carbocycles. The number of para-hydroxylation sites is 2. The van der Waals surface area contributed by atoms with Crippen molar-refractivity contribution in [1.82, 2.24) is 19.5 Å². The van der Waals surface area contributed by atoms with Crippen LogP contribution in [0.2, 0.25) is 0 Å². The minimum atomic E-state index is 0.627. The van der Waals surface area contributed by atoms with E-state index in [4.69, 9.17) is 15.0 Å². The first-order valence-corrected chi connectivity index (χ1v) is 19.3. The van der Waals surface area contributed by atoms with Gasteiger partial charge in [0.15, 0.2) is 17.5 Å². The highest BCUT2D eigenvalue weighted by molar-refractivity contribution is 6.15. The fraction of sp³-hybridized carbons (Fsp3) is 0. The van der Waals surface area contributed by atoms with Crippen molar-refractivity contribution in [2.24, 2.45) is 0 Å². The van der Waals surface area contributed by atoms with Gasteiger partial charge in [0, 0.05) is 33.2 Å². The zero-order valence-corrected chi connectivity index (χ0v) is 30.9. The van der Waals surface area contributed by atoms with Crippen LogP contribution in [0.4, 0.5) is 0 Å². The van der Waals surface area contributed by atoms with Crippen LogP contribution < -0.4 is 0 Å². The summed E-state index contributed by atoms with van der Waals surface area (Å²) in [6.07, 6.45) is 0. The molecular weight excluding hydrogens is 693 g/mol. The van der Waals surface area contributed by atoms with Crippen LogP contribution in [-0.2, 0) is 0 Å². The standard InChI is InChI=1S/C53H34N4/c1-2-15-45(16-3-1)57-48-19-9-8-17-46(48)50-47(18-10-20-49(50)57)53-55-51(39-27-21-37(22-28-39)43-31-25-35-11-4-6-13-41(35)33-43)54-52(56-53)40-29-23-38(24-30-40)44-32-26-36-12-5-7-14-42(36)34-44/h1-34H. The largest absolute Gasteiger partial charge is 0.309 e. The molecule has 4 heteroatoms. The second-order valence-electron chi connectivity index (χ2n) is 14.5. The van der Waals surface area contributed by atoms with Crippen molar-refractivity contribution in [2.45, 2.75) is 0 Å². The van der Waals surface area contributed by atoms with Crippen LogP contribution in [0.1, 0.15) is 0 Å². The van der Waals surface area contributed by atoms with Gasteiger partial charge in [-0.15, -0.1) is 0 Å². The van der Waals surface area contributed by atoms with E-state index in [-0.39, 0.29) is 0 Å². The summed E-state index contributed by atoms with van der Waals surface area (Å²) in [5.74, 6) is 1.89. The summed E-state index contributed by atoms with van der Waals surface area (Å²) < 4.78 is 2.33. The van der Waals surface area contributed by atoms with Crippen LogP contribution in [0.25, 0.3) is 105 Å². The highest BCUT2D eigenvalue weighted by atomic mass is 15.0. The smallest absolute Gasteiger partial charge is 0.164 e. The monoisotopic (exact) mass is 726 g/mol. The molecule has 0 N–H and O–H groups in total. The van der Waals surface area contributed by atoms with Crippen molar-refractivity contribution in [3.8, 4) is 62.1 Å². The first-order valence-electron chi connectivity index (χ1n) is 19.3. The Balaban J connectivity index is 1.06. The molecule has 0 saturated carbocycles. The molecule has 0 aliphatic rings. The second kappa shape index (κ2) is 13.6. The lowest BCUT2D eigenvalue weighted by Crippen LogP contribution is -2.00. The Bertz CT molecular complexity index is 3130. The summed E-state index contributed by atoms with van der Waals surface area (Å²) in [5, 5.41) is 7.17. The Kier molecular flexibility index (Phi) is 7.78. The molecule has 0 aliphatic carbocycles. The number of nitrogens with zero attached hydrogens (tertiary/aromatic N) is 4. The maximum Gasteiger partial charge on any atom is 0.164 e. The van der Waals surface area contributed by atoms with Crippen LogP contribution >= 0.6 is 0 Å². The molecule has 0 amide bonds. The Morgan fingerprint density at radius 2 is 0.754 bits per heavy atom. The average molecular weight is 727 g/mol. The molecule has 57 heavy (non-hydrogen) atoms. The lowest BCUT2D eigenvalue weighted by atomic mass is 10.00. The third-order valence-electron chi connectivity index (χ3n) is 11.0. The van der Waals surface area contributed by atoms with Crippen LogP contribution in [0.3, 0.4) is 0 Å². The summed E-state index contributed by atoms with van der Waals surface area (Å²) >= 11 is 0. The average Bonchev–Trinajstić information content (AvgIpc) is 3.63. The number of rotatable bonds is 6. The maximum atomic E-state index is 5.24. The van der Waals surface area contributed by atoms with Crippen LogP contribution in [-0.4, -0.2) is 19.5 Å². The number of hydrogen-bond donors (Lipinski definition) is 0. The summed E-state index contributed by atoms with van der Waals surface area (Å²) in [7, 11) is 0. The first-order chi connectivity index (χ1) is 28.2. The number of hydrogen-bond acceptors (Lipinski definition) is 3. The molecule has 266 valence electrons. The number of fused-ring (bicyclic) bond motifs is 5. The molecule has 0 atom stereocenters. The third-order valence-corrected chi connectivity index (χ3v) is 11.0. The van der Waals surface area contributed by atoms with Crippen molar-refractivity contribution < 1.29 is 0 Å². The fourth-order valence-corrected chi connectivity index (χ4v) is 8.18. The predicted octanol–water partition coefficient (Wildman–Crippen LogP) is 13.6. The highest BCUT2D eigenvalue weighted by Crippen LogP contribution is 2.39. The SMILES string of the molecule is c1ccc(-n2c3ccccc3c3c(-c4nc(-c5ccc(-c6ccc7ccccc7c6)cc5)nc(-c5ccc(-c6ccc7ccccc7c6)cc5)n4)cccc32)cc1. The summed E-state index contributed by atoms with van der Waals surface area (Å²) in [6, 6.07) is 72.9. The molecule has 11 aromatic rings. The van der Waals surface area contributed by atoms with E-state index in [1.807, 2.05) is 0 Å². The summed E-state index contributed by atoms with van der Waals surface area (Å²) in [4.78, 5) is 15.6. The van der Waals surface area contributed by atoms with Crippen LogP contribution in [0.5, 0.6) is 0 Å². The normalized spacial score (nSPS) is 11.5. The van der Waals surface area contributed by atoms with Gasteiger partial charge in [-0.05, 0) is 80.2 Å². The molecule has 0 radical (unpaired) electrons. The van der Waals surface area contributed by atoms with E-state index < -0.39 is 0 Å². The Labute approximate surface area is 330 Å². The van der Waals surface area contributed by atoms with E-state index in [2.05, 4.69) is 211 Å². The van der Waals surface area contributed by atoms with Gasteiger partial charge in [-0.1, -0.05) is 170 Å². The molecule has 0 fully saturated rings. The summed E-state index contributed by atoms with van der Waals surface area (Å²) in [6.45, 7) is 0. The van der Waals surface area contributed by atoms with Gasteiger partial charge in [-0.2, -0.15) is 0 Å². The topological polar surface area (TPSA) is 43.6 Å². The van der Waals surface area contributed by atoms with Gasteiger partial charge in [-0.25, -0.2) is 15.0 Å². The van der Waals surface area contributed by atoms with E-state index in [0.717, 1.165) is 55.3 Å². The molecule has 0 spiro atoms. The minimum absolute atomic E-state index is 0.627. The highest BCUT2D eigenvalue weighted by Gasteiger charge is 2.20. The van der Waals surface area contributed by atoms with Gasteiger partial charge in [0.1, 0.15) is 0 Å². The van der Waals surface area contributed by atoms with E-state index >= 15 is 0 Å². The zero-order valence-electron chi connectivity index (χ0n) is 30.9. The minimum Gasteiger partial charge on any atom is -0.309 e. The van der Waals surface area contributed by atoms with Crippen molar-refractivity contribution in [1.29, 1.82) is 0 Å². The molecular formula is C53H34N4. The van der Waals surface area contributed by atoms with Crippen molar-refractivity contribution in [2.75, 3.05) is 0 Å². The quantitative estimate of drug-likeness (QED) is 0.171. The van der Waals surface area contributed by atoms with Gasteiger partial charge >= 0.3 is 0 Å². The first kappa shape index (κ1) is 32.7. The fourth-order valence-electron chi connectivity index (χ4n) is 8.18. The zero-order chi connectivity index (χ0) is 37.7. The van der Waals surface area contributed by atoms with E-state index in [1.165, 1.54) is 32.7 Å². The van der Waals surface area contributed by atoms with E-state index in [1.54, 1.807) is 0 Å². The van der Waals surface area contributed by atoms with Crippen molar-refractivity contribution in [3.63, 3.8) is 0 Å². The number of aromatic nitrogens is 4. The maximum absolute atomic E-state index is 5.24. The second-order valence-corrected chi connectivity index (χ2v) is 14.5. The number of benzene rings is 9. The Morgan fingerprint density at radius 3 is 1.35 bits per heavy atom. The Hall–Kier alpha value is -7.69. The van der Waals surface area contributed by atoms with Gasteiger partial charge in [-0.3, -0.25) is 0 Å². The van der Waals surface area contributed by atoms with Gasteiger partial charge in [0.2, 0.25) is 0 Å². The molecule has 2 aromatic heterocycles. The molecule has 0 unspecified atom stereocenters. The van der Waals surface area contributed by atoms with Gasteiger partial charge in [0.05, 0.1) is 11.0 Å². The van der Waals surface area contributed by atoms with Crippen molar-refractivity contribution >= 4 is 43.4 Å². The van der Waals surface area contributed by atoms with Crippen LogP contribution in [0.15, 0.2) is 206 Å². The van der Waals surface area contributed by atoms with Crippen LogP contribution in [0, 0.1) is 0 Å². The van der Waals surface area contributed by atoms with Gasteiger partial charge < -0.3 is 4.57 Å². The van der Waals surface area contributed by atoms with Gasteiger partial charge in [0.25, 0.3) is 0 Å². The van der Waals surface area contributed by atoms with Crippen molar-refractivity contribution in [3.05, 3.63) is 206 Å². The summed E-state index contributed by atoms with van der Waals surface area (Å²) in [5.41, 5.74) is 10.8. The van der Waals surface area contributed by atoms with E-state index in [0.29, 0.717) is 17.5 Å². The molecule has 2 heterocycles. The third kappa shape index (κ3) is 5.83. The molecule has 0 bridgehead atoms. The lowest BCUT2D eigenvalue weighted by Gasteiger charge is -2.11. The lowest BCUT2D eigenvalue weighted by molar-refractivity contribution is 1.08. The molecule has 11 rings (SSSR count). The van der Waals surface area contributed by atoms with E-state index in [9.17, 15) is 0 Å². The molecule has 0 aliphatic heterocycles. The molecule has 0 saturated heterocycles. The molecule has 4 nitrogen and oxygen atoms in total.